The first-order valence-corrected chi connectivity index (χ1v) is 8.55. The second-order valence-corrected chi connectivity index (χ2v) is 7.57. The molecule has 0 bridgehead atoms. The van der Waals surface area contributed by atoms with Crippen molar-refractivity contribution >= 4 is 39.1 Å². The van der Waals surface area contributed by atoms with Crippen LogP contribution in [-0.2, 0) is 0 Å². The van der Waals surface area contributed by atoms with Gasteiger partial charge in [0.25, 0.3) is 0 Å². The van der Waals surface area contributed by atoms with Crippen molar-refractivity contribution < 1.29 is 4.74 Å². The van der Waals surface area contributed by atoms with Gasteiger partial charge in [0, 0.05) is 10.2 Å². The van der Waals surface area contributed by atoms with Crippen molar-refractivity contribution in [1.82, 2.24) is 0 Å². The highest BCUT2D eigenvalue weighted by atomic mass is 79.9. The lowest BCUT2D eigenvalue weighted by molar-refractivity contribution is -0.0600. The summed E-state index contributed by atoms with van der Waals surface area (Å²) < 4.78 is 6.18. The zero-order valence-corrected chi connectivity index (χ0v) is 13.8. The minimum atomic E-state index is 0.245. The van der Waals surface area contributed by atoms with E-state index in [2.05, 4.69) is 15.9 Å². The maximum Gasteiger partial charge on any atom is 0.156 e. The highest BCUT2D eigenvalue weighted by Crippen LogP contribution is 2.57. The van der Waals surface area contributed by atoms with Crippen LogP contribution in [0.25, 0.3) is 0 Å². The number of rotatable bonds is 2. The Morgan fingerprint density at radius 2 is 1.74 bits per heavy atom. The average molecular weight is 364 g/mol. The molecule has 0 heterocycles. The van der Waals surface area contributed by atoms with Crippen molar-refractivity contribution in [2.75, 3.05) is 0 Å². The lowest BCUT2D eigenvalue weighted by atomic mass is 9.58. The van der Waals surface area contributed by atoms with E-state index in [1.807, 2.05) is 18.2 Å². The quantitative estimate of drug-likeness (QED) is 0.598. The molecule has 0 aromatic heterocycles. The van der Waals surface area contributed by atoms with Crippen molar-refractivity contribution in [1.29, 1.82) is 0 Å². The monoisotopic (exact) mass is 362 g/mol. The van der Waals surface area contributed by atoms with E-state index >= 15 is 0 Å². The van der Waals surface area contributed by atoms with E-state index in [1.165, 1.54) is 32.1 Å². The standard InChI is InChI=1S/C15H17BrCl2O/c16-12-9-13(15(12)7-2-1-3-8-15)19-14-10(17)5-4-6-11(14)18/h4-6,12-13H,1-3,7-9H2. The number of benzene rings is 1. The van der Waals surface area contributed by atoms with Gasteiger partial charge in [0.2, 0.25) is 0 Å². The van der Waals surface area contributed by atoms with Crippen LogP contribution >= 0.6 is 39.1 Å². The lowest BCUT2D eigenvalue weighted by Gasteiger charge is -2.55. The van der Waals surface area contributed by atoms with Crippen molar-refractivity contribution in [2.45, 2.75) is 49.5 Å². The van der Waals surface area contributed by atoms with E-state index < -0.39 is 0 Å². The minimum absolute atomic E-state index is 0.245. The molecule has 0 aliphatic heterocycles. The maximum absolute atomic E-state index is 6.20. The van der Waals surface area contributed by atoms with Gasteiger partial charge in [0.15, 0.2) is 5.75 Å². The van der Waals surface area contributed by atoms with E-state index in [1.54, 1.807) is 0 Å². The van der Waals surface area contributed by atoms with E-state index in [9.17, 15) is 0 Å². The molecule has 0 amide bonds. The van der Waals surface area contributed by atoms with E-state index in [-0.39, 0.29) is 6.10 Å². The Bertz CT molecular complexity index is 451. The van der Waals surface area contributed by atoms with Gasteiger partial charge >= 0.3 is 0 Å². The molecule has 2 aliphatic carbocycles. The van der Waals surface area contributed by atoms with E-state index in [0.29, 0.717) is 26.0 Å². The van der Waals surface area contributed by atoms with Crippen LogP contribution in [-0.4, -0.2) is 10.9 Å². The fourth-order valence-electron chi connectivity index (χ4n) is 3.45. The number of halogens is 3. The zero-order chi connectivity index (χ0) is 13.5. The van der Waals surface area contributed by atoms with Crippen LogP contribution in [0.3, 0.4) is 0 Å². The summed E-state index contributed by atoms with van der Waals surface area (Å²) in [7, 11) is 0. The molecule has 2 fully saturated rings. The highest BCUT2D eigenvalue weighted by molar-refractivity contribution is 9.09. The van der Waals surface area contributed by atoms with Gasteiger partial charge in [0.1, 0.15) is 6.10 Å². The molecule has 0 N–H and O–H groups in total. The molecular formula is C15H17BrCl2O. The minimum Gasteiger partial charge on any atom is -0.487 e. The highest BCUT2D eigenvalue weighted by Gasteiger charge is 2.55. The van der Waals surface area contributed by atoms with Crippen LogP contribution in [0.1, 0.15) is 38.5 Å². The van der Waals surface area contributed by atoms with Crippen LogP contribution in [0, 0.1) is 5.41 Å². The van der Waals surface area contributed by atoms with E-state index in [4.69, 9.17) is 27.9 Å². The van der Waals surface area contributed by atoms with E-state index in [0.717, 1.165) is 6.42 Å². The van der Waals surface area contributed by atoms with Crippen molar-refractivity contribution in [3.05, 3.63) is 28.2 Å². The molecule has 2 unspecified atom stereocenters. The Morgan fingerprint density at radius 1 is 1.11 bits per heavy atom. The molecule has 2 atom stereocenters. The SMILES string of the molecule is Clc1cccc(Cl)c1OC1CC(Br)C12CCCCC2. The molecule has 0 radical (unpaired) electrons. The normalized spacial score (nSPS) is 29.0. The summed E-state index contributed by atoms with van der Waals surface area (Å²) in [5.74, 6) is 0.653. The second kappa shape index (κ2) is 5.46. The Labute approximate surface area is 132 Å². The first-order chi connectivity index (χ1) is 9.13. The summed E-state index contributed by atoms with van der Waals surface area (Å²) in [6.45, 7) is 0. The largest absolute Gasteiger partial charge is 0.487 e. The topological polar surface area (TPSA) is 9.23 Å². The average Bonchev–Trinajstić information content (AvgIpc) is 2.43. The number of ether oxygens (including phenoxy) is 1. The van der Waals surface area contributed by atoms with Crippen LogP contribution in [0.2, 0.25) is 10.0 Å². The molecule has 0 saturated heterocycles. The molecule has 4 heteroatoms. The third-order valence-corrected chi connectivity index (χ3v) is 6.53. The van der Waals surface area contributed by atoms with Gasteiger partial charge < -0.3 is 4.74 Å². The second-order valence-electron chi connectivity index (χ2n) is 5.65. The summed E-state index contributed by atoms with van der Waals surface area (Å²) in [6, 6.07) is 5.52. The predicted octanol–water partition coefficient (Wildman–Crippen LogP) is 5.86. The van der Waals surface area contributed by atoms with Gasteiger partial charge in [-0.15, -0.1) is 0 Å². The third kappa shape index (κ3) is 2.41. The lowest BCUT2D eigenvalue weighted by Crippen LogP contribution is -2.57. The fraction of sp³-hybridized carbons (Fsp3) is 0.600. The van der Waals surface area contributed by atoms with Crippen LogP contribution in [0.5, 0.6) is 5.75 Å². The number of para-hydroxylation sites is 1. The predicted molar refractivity (Wildman–Crippen MR) is 83.7 cm³/mol. The van der Waals surface area contributed by atoms with Crippen LogP contribution in [0.4, 0.5) is 0 Å². The van der Waals surface area contributed by atoms with Gasteiger partial charge in [-0.25, -0.2) is 0 Å². The van der Waals surface area contributed by atoms with Crippen LogP contribution in [0.15, 0.2) is 18.2 Å². The maximum atomic E-state index is 6.20. The Morgan fingerprint density at radius 3 is 2.32 bits per heavy atom. The summed E-state index contributed by atoms with van der Waals surface area (Å²) in [5, 5.41) is 1.22. The molecule has 1 aromatic rings. The molecular weight excluding hydrogens is 347 g/mol. The third-order valence-electron chi connectivity index (χ3n) is 4.65. The molecule has 1 spiro atoms. The smallest absolute Gasteiger partial charge is 0.156 e. The molecule has 19 heavy (non-hydrogen) atoms. The number of hydrogen-bond acceptors (Lipinski definition) is 1. The van der Waals surface area contributed by atoms with Gasteiger partial charge in [-0.2, -0.15) is 0 Å². The first-order valence-electron chi connectivity index (χ1n) is 6.88. The summed E-state index contributed by atoms with van der Waals surface area (Å²) in [4.78, 5) is 0.576. The van der Waals surface area contributed by atoms with Gasteiger partial charge in [-0.3, -0.25) is 0 Å². The Balaban J connectivity index is 1.80. The van der Waals surface area contributed by atoms with Crippen molar-refractivity contribution in [3.8, 4) is 5.75 Å². The number of alkyl halides is 1. The molecule has 2 aliphatic rings. The van der Waals surface area contributed by atoms with Crippen LogP contribution < -0.4 is 4.74 Å². The van der Waals surface area contributed by atoms with Gasteiger partial charge in [0.05, 0.1) is 10.0 Å². The summed E-state index contributed by atoms with van der Waals surface area (Å²) >= 11 is 16.2. The zero-order valence-electron chi connectivity index (χ0n) is 10.7. The number of hydrogen-bond donors (Lipinski definition) is 0. The molecule has 104 valence electrons. The van der Waals surface area contributed by atoms with Gasteiger partial charge in [-0.1, -0.05) is 64.5 Å². The van der Waals surface area contributed by atoms with Crippen molar-refractivity contribution in [3.63, 3.8) is 0 Å². The van der Waals surface area contributed by atoms with Gasteiger partial charge in [-0.05, 0) is 31.4 Å². The molecule has 3 rings (SSSR count). The molecule has 2 saturated carbocycles. The molecule has 1 nitrogen and oxygen atoms in total. The first kappa shape index (κ1) is 14.0. The Kier molecular flexibility index (Phi) is 4.03. The fourth-order valence-corrected chi connectivity index (χ4v) is 5.03. The molecule has 1 aromatic carbocycles. The summed E-state index contributed by atoms with van der Waals surface area (Å²) in [5.41, 5.74) is 0.292. The Hall–Kier alpha value is 0.0800. The summed E-state index contributed by atoms with van der Waals surface area (Å²) in [6.07, 6.45) is 7.74. The van der Waals surface area contributed by atoms with Crippen molar-refractivity contribution in [2.24, 2.45) is 5.41 Å².